The molecule has 0 saturated carbocycles. The lowest BCUT2D eigenvalue weighted by molar-refractivity contribution is 0.102. The SMILES string of the molecule is CS(=O)(=O)Nc1ccc(C(=O)CSc2nnc(Nc3ccc(F)cc3)s2)cc1. The Morgan fingerprint density at radius 3 is 2.36 bits per heavy atom. The minimum absolute atomic E-state index is 0.112. The summed E-state index contributed by atoms with van der Waals surface area (Å²) in [6.07, 6.45) is 1.06. The van der Waals surface area contributed by atoms with E-state index in [1.807, 2.05) is 0 Å². The van der Waals surface area contributed by atoms with Gasteiger partial charge in [-0.1, -0.05) is 23.1 Å². The minimum atomic E-state index is -3.36. The summed E-state index contributed by atoms with van der Waals surface area (Å²) in [5.74, 6) is -0.263. The van der Waals surface area contributed by atoms with Crippen LogP contribution in [0.15, 0.2) is 52.9 Å². The number of ketones is 1. The Labute approximate surface area is 169 Å². The van der Waals surface area contributed by atoms with E-state index in [1.165, 1.54) is 47.4 Å². The second-order valence-electron chi connectivity index (χ2n) is 5.67. The summed E-state index contributed by atoms with van der Waals surface area (Å²) in [6.45, 7) is 0. The molecule has 0 saturated heterocycles. The molecule has 7 nitrogen and oxygen atoms in total. The predicted octanol–water partition coefficient (Wildman–Crippen LogP) is 3.77. The maximum absolute atomic E-state index is 12.9. The molecule has 0 radical (unpaired) electrons. The first-order chi connectivity index (χ1) is 13.3. The summed E-state index contributed by atoms with van der Waals surface area (Å²) in [4.78, 5) is 12.3. The zero-order chi connectivity index (χ0) is 20.1. The van der Waals surface area contributed by atoms with Gasteiger partial charge < -0.3 is 5.32 Å². The van der Waals surface area contributed by atoms with Gasteiger partial charge in [-0.05, 0) is 48.5 Å². The number of nitrogens with zero attached hydrogens (tertiary/aromatic N) is 2. The molecule has 1 aromatic heterocycles. The predicted molar refractivity (Wildman–Crippen MR) is 110 cm³/mol. The normalized spacial score (nSPS) is 11.2. The smallest absolute Gasteiger partial charge is 0.229 e. The topological polar surface area (TPSA) is 101 Å². The number of sulfonamides is 1. The fraction of sp³-hybridized carbons (Fsp3) is 0.118. The van der Waals surface area contributed by atoms with Crippen molar-refractivity contribution in [2.45, 2.75) is 4.34 Å². The van der Waals surface area contributed by atoms with Gasteiger partial charge in [0.05, 0.1) is 12.0 Å². The van der Waals surface area contributed by atoms with Crippen LogP contribution in [0.4, 0.5) is 20.9 Å². The molecule has 0 aliphatic rings. The third-order valence-corrected chi connectivity index (χ3v) is 5.92. The minimum Gasteiger partial charge on any atom is -0.330 e. The van der Waals surface area contributed by atoms with Crippen LogP contribution in [-0.4, -0.2) is 36.4 Å². The molecular weight excluding hydrogens is 423 g/mol. The molecule has 0 aliphatic carbocycles. The largest absolute Gasteiger partial charge is 0.330 e. The molecular formula is C17H15FN4O3S3. The number of nitrogens with one attached hydrogen (secondary N) is 2. The van der Waals surface area contributed by atoms with Crippen LogP contribution in [0.1, 0.15) is 10.4 Å². The Balaban J connectivity index is 1.54. The first kappa shape index (κ1) is 20.2. The van der Waals surface area contributed by atoms with Gasteiger partial charge in [0.15, 0.2) is 10.1 Å². The van der Waals surface area contributed by atoms with Gasteiger partial charge in [-0.25, -0.2) is 12.8 Å². The monoisotopic (exact) mass is 438 g/mol. The Morgan fingerprint density at radius 2 is 1.71 bits per heavy atom. The van der Waals surface area contributed by atoms with E-state index in [0.717, 1.165) is 6.26 Å². The van der Waals surface area contributed by atoms with Crippen molar-refractivity contribution in [3.05, 3.63) is 59.9 Å². The average molecular weight is 439 g/mol. The van der Waals surface area contributed by atoms with Crippen LogP contribution >= 0.6 is 23.1 Å². The summed E-state index contributed by atoms with van der Waals surface area (Å²) in [5.41, 5.74) is 1.56. The highest BCUT2D eigenvalue weighted by Crippen LogP contribution is 2.28. The van der Waals surface area contributed by atoms with E-state index in [0.29, 0.717) is 26.4 Å². The lowest BCUT2D eigenvalue weighted by Gasteiger charge is -2.04. The van der Waals surface area contributed by atoms with Gasteiger partial charge in [-0.3, -0.25) is 9.52 Å². The number of carbonyl (C=O) groups is 1. The van der Waals surface area contributed by atoms with Crippen molar-refractivity contribution in [1.82, 2.24) is 10.2 Å². The van der Waals surface area contributed by atoms with E-state index < -0.39 is 10.0 Å². The van der Waals surface area contributed by atoms with E-state index in [9.17, 15) is 17.6 Å². The molecule has 1 heterocycles. The quantitative estimate of drug-likeness (QED) is 0.408. The van der Waals surface area contributed by atoms with Gasteiger partial charge >= 0.3 is 0 Å². The van der Waals surface area contributed by atoms with Crippen LogP contribution in [0.25, 0.3) is 0 Å². The molecule has 0 atom stereocenters. The summed E-state index contributed by atoms with van der Waals surface area (Å²) in [7, 11) is -3.36. The summed E-state index contributed by atoms with van der Waals surface area (Å²) in [5, 5.41) is 11.6. The van der Waals surface area contributed by atoms with Crippen molar-refractivity contribution in [3.63, 3.8) is 0 Å². The molecule has 0 fully saturated rings. The van der Waals surface area contributed by atoms with E-state index in [2.05, 4.69) is 20.2 Å². The van der Waals surface area contributed by atoms with Gasteiger partial charge in [-0.2, -0.15) is 0 Å². The van der Waals surface area contributed by atoms with Crippen LogP contribution in [0.5, 0.6) is 0 Å². The van der Waals surface area contributed by atoms with E-state index in [4.69, 9.17) is 0 Å². The van der Waals surface area contributed by atoms with Crippen molar-refractivity contribution < 1.29 is 17.6 Å². The highest BCUT2D eigenvalue weighted by atomic mass is 32.2. The first-order valence-electron chi connectivity index (χ1n) is 7.88. The standard InChI is InChI=1S/C17H15FN4O3S3/c1-28(24,25)22-14-6-2-11(3-7-14)15(23)10-26-17-21-20-16(27-17)19-13-8-4-12(18)5-9-13/h2-9,22H,10H2,1H3,(H,19,20). The molecule has 3 rings (SSSR count). The number of aromatic nitrogens is 2. The fourth-order valence-corrected chi connectivity index (χ4v) is 4.36. The average Bonchev–Trinajstić information content (AvgIpc) is 3.08. The number of thioether (sulfide) groups is 1. The lowest BCUT2D eigenvalue weighted by atomic mass is 10.1. The van der Waals surface area contributed by atoms with Crippen LogP contribution in [0, 0.1) is 5.82 Å². The highest BCUT2D eigenvalue weighted by molar-refractivity contribution is 8.01. The van der Waals surface area contributed by atoms with Crippen LogP contribution in [0.3, 0.4) is 0 Å². The molecule has 0 amide bonds. The molecule has 2 N–H and O–H groups in total. The highest BCUT2D eigenvalue weighted by Gasteiger charge is 2.11. The second kappa shape index (κ2) is 8.67. The zero-order valence-electron chi connectivity index (χ0n) is 14.5. The van der Waals surface area contributed by atoms with Gasteiger partial charge in [0.2, 0.25) is 15.2 Å². The van der Waals surface area contributed by atoms with Crippen LogP contribution in [0.2, 0.25) is 0 Å². The lowest BCUT2D eigenvalue weighted by Crippen LogP contribution is -2.10. The van der Waals surface area contributed by atoms with Crippen molar-refractivity contribution in [2.24, 2.45) is 0 Å². The molecule has 0 unspecified atom stereocenters. The number of carbonyl (C=O) groups excluding carboxylic acids is 1. The van der Waals surface area contributed by atoms with E-state index >= 15 is 0 Å². The molecule has 146 valence electrons. The number of Topliss-reactive ketones (excluding diaryl/α,β-unsaturated/α-hetero) is 1. The van der Waals surface area contributed by atoms with Gasteiger partial charge in [-0.15, -0.1) is 10.2 Å². The fourth-order valence-electron chi connectivity index (χ4n) is 2.12. The number of halogens is 1. The van der Waals surface area contributed by atoms with Crippen molar-refractivity contribution >= 4 is 55.4 Å². The first-order valence-corrected chi connectivity index (χ1v) is 11.6. The number of benzene rings is 2. The van der Waals surface area contributed by atoms with E-state index in [1.54, 1.807) is 24.3 Å². The third kappa shape index (κ3) is 6.01. The maximum Gasteiger partial charge on any atom is 0.229 e. The Kier molecular flexibility index (Phi) is 6.27. The molecule has 11 heteroatoms. The molecule has 3 aromatic rings. The maximum atomic E-state index is 12.9. The molecule has 0 aliphatic heterocycles. The second-order valence-corrected chi connectivity index (χ2v) is 9.62. The van der Waals surface area contributed by atoms with Gasteiger partial charge in [0, 0.05) is 16.9 Å². The Morgan fingerprint density at radius 1 is 1.07 bits per heavy atom. The molecule has 0 spiro atoms. The van der Waals surface area contributed by atoms with Gasteiger partial charge in [0.1, 0.15) is 5.82 Å². The summed E-state index contributed by atoms with van der Waals surface area (Å²) in [6, 6.07) is 12.1. The van der Waals surface area contributed by atoms with E-state index in [-0.39, 0.29) is 17.4 Å². The number of anilines is 3. The molecule has 28 heavy (non-hydrogen) atoms. The number of rotatable bonds is 8. The summed E-state index contributed by atoms with van der Waals surface area (Å²) < 4.78 is 38.3. The molecule has 0 bridgehead atoms. The van der Waals surface area contributed by atoms with Crippen molar-refractivity contribution in [2.75, 3.05) is 22.0 Å². The van der Waals surface area contributed by atoms with Crippen LogP contribution in [-0.2, 0) is 10.0 Å². The molecule has 2 aromatic carbocycles. The number of hydrogen-bond acceptors (Lipinski definition) is 8. The summed E-state index contributed by atoms with van der Waals surface area (Å²) >= 11 is 2.54. The van der Waals surface area contributed by atoms with Crippen molar-refractivity contribution in [3.8, 4) is 0 Å². The van der Waals surface area contributed by atoms with Crippen molar-refractivity contribution in [1.29, 1.82) is 0 Å². The Hall–Kier alpha value is -2.50. The third-order valence-electron chi connectivity index (χ3n) is 3.34. The van der Waals surface area contributed by atoms with Gasteiger partial charge in [0.25, 0.3) is 0 Å². The van der Waals surface area contributed by atoms with Crippen LogP contribution < -0.4 is 10.0 Å². The zero-order valence-corrected chi connectivity index (χ0v) is 17.0. The number of hydrogen-bond donors (Lipinski definition) is 2. The Bertz CT molecular complexity index is 1070.